The van der Waals surface area contributed by atoms with Gasteiger partial charge in [0.1, 0.15) is 23.0 Å². The van der Waals surface area contributed by atoms with Gasteiger partial charge in [-0.25, -0.2) is 9.97 Å². The van der Waals surface area contributed by atoms with Crippen LogP contribution in [0.2, 0.25) is 5.15 Å². The largest absolute Gasteiger partial charge is 0.508 e. The number of anilines is 1. The monoisotopic (exact) mass is 249 g/mol. The zero-order valence-corrected chi connectivity index (χ0v) is 10.1. The number of hydrogen-bond donors (Lipinski definition) is 2. The average molecular weight is 250 g/mol. The standard InChI is InChI=1S/C12H12ClN3O/c1-8-11(13)15-7-16-12(8)14-6-9-2-4-10(17)5-3-9/h2-5,7,17H,6H2,1H3,(H,14,15,16). The molecule has 0 amide bonds. The van der Waals surface area contributed by atoms with Crippen molar-refractivity contribution >= 4 is 17.4 Å². The number of aromatic hydroxyl groups is 1. The van der Waals surface area contributed by atoms with Gasteiger partial charge < -0.3 is 10.4 Å². The van der Waals surface area contributed by atoms with E-state index in [0.29, 0.717) is 11.7 Å². The van der Waals surface area contributed by atoms with Gasteiger partial charge >= 0.3 is 0 Å². The fourth-order valence-electron chi connectivity index (χ4n) is 1.41. The molecule has 2 N–H and O–H groups in total. The smallest absolute Gasteiger partial charge is 0.137 e. The normalized spacial score (nSPS) is 10.2. The summed E-state index contributed by atoms with van der Waals surface area (Å²) in [6.45, 7) is 2.48. The molecule has 2 rings (SSSR count). The Bertz CT molecular complexity index is 514. The number of benzene rings is 1. The number of halogens is 1. The van der Waals surface area contributed by atoms with Crippen molar-refractivity contribution in [2.24, 2.45) is 0 Å². The first-order chi connectivity index (χ1) is 8.16. The molecule has 1 aromatic heterocycles. The van der Waals surface area contributed by atoms with Gasteiger partial charge in [0.15, 0.2) is 0 Å². The molecule has 0 spiro atoms. The molecular weight excluding hydrogens is 238 g/mol. The number of phenolic OH excluding ortho intramolecular Hbond substituents is 1. The van der Waals surface area contributed by atoms with Crippen LogP contribution in [0.1, 0.15) is 11.1 Å². The second-order valence-electron chi connectivity index (χ2n) is 3.66. The van der Waals surface area contributed by atoms with Crippen LogP contribution < -0.4 is 5.32 Å². The molecule has 17 heavy (non-hydrogen) atoms. The molecule has 0 aliphatic carbocycles. The molecular formula is C12H12ClN3O. The Morgan fingerprint density at radius 3 is 2.65 bits per heavy atom. The summed E-state index contributed by atoms with van der Waals surface area (Å²) in [5, 5.41) is 12.8. The van der Waals surface area contributed by atoms with Gasteiger partial charge in [-0.3, -0.25) is 0 Å². The average Bonchev–Trinajstić information content (AvgIpc) is 2.33. The molecule has 0 aliphatic heterocycles. The van der Waals surface area contributed by atoms with E-state index in [9.17, 15) is 0 Å². The maximum Gasteiger partial charge on any atom is 0.137 e. The van der Waals surface area contributed by atoms with Gasteiger partial charge in [-0.2, -0.15) is 0 Å². The first kappa shape index (κ1) is 11.7. The summed E-state index contributed by atoms with van der Waals surface area (Å²) in [6, 6.07) is 6.99. The molecule has 0 saturated heterocycles. The van der Waals surface area contributed by atoms with Crippen molar-refractivity contribution in [2.75, 3.05) is 5.32 Å². The fraction of sp³-hybridized carbons (Fsp3) is 0.167. The lowest BCUT2D eigenvalue weighted by molar-refractivity contribution is 0.475. The maximum absolute atomic E-state index is 9.16. The van der Waals surface area contributed by atoms with E-state index in [1.54, 1.807) is 12.1 Å². The minimum Gasteiger partial charge on any atom is -0.508 e. The maximum atomic E-state index is 9.16. The first-order valence-electron chi connectivity index (χ1n) is 5.15. The number of nitrogens with zero attached hydrogens (tertiary/aromatic N) is 2. The van der Waals surface area contributed by atoms with Gasteiger partial charge in [0, 0.05) is 12.1 Å². The molecule has 1 heterocycles. The van der Waals surface area contributed by atoms with E-state index in [1.165, 1.54) is 6.33 Å². The van der Waals surface area contributed by atoms with E-state index in [1.807, 2.05) is 19.1 Å². The lowest BCUT2D eigenvalue weighted by Gasteiger charge is -2.08. The Balaban J connectivity index is 2.07. The van der Waals surface area contributed by atoms with Crippen molar-refractivity contribution in [1.29, 1.82) is 0 Å². The Labute approximate surface area is 104 Å². The second-order valence-corrected chi connectivity index (χ2v) is 4.02. The topological polar surface area (TPSA) is 58.0 Å². The Hall–Kier alpha value is -1.81. The second kappa shape index (κ2) is 5.01. The number of hydrogen-bond acceptors (Lipinski definition) is 4. The minimum absolute atomic E-state index is 0.259. The number of rotatable bonds is 3. The Morgan fingerprint density at radius 2 is 1.94 bits per heavy atom. The van der Waals surface area contributed by atoms with Crippen LogP contribution >= 0.6 is 11.6 Å². The van der Waals surface area contributed by atoms with E-state index >= 15 is 0 Å². The Kier molecular flexibility index (Phi) is 3.44. The highest BCUT2D eigenvalue weighted by Gasteiger charge is 2.04. The molecule has 0 unspecified atom stereocenters. The van der Waals surface area contributed by atoms with Crippen LogP contribution in [-0.4, -0.2) is 15.1 Å². The van der Waals surface area contributed by atoms with E-state index in [-0.39, 0.29) is 5.75 Å². The summed E-state index contributed by atoms with van der Waals surface area (Å²) < 4.78 is 0. The summed E-state index contributed by atoms with van der Waals surface area (Å²) in [6.07, 6.45) is 1.43. The molecule has 0 bridgehead atoms. The van der Waals surface area contributed by atoms with Crippen molar-refractivity contribution < 1.29 is 5.11 Å². The third-order valence-corrected chi connectivity index (χ3v) is 2.80. The van der Waals surface area contributed by atoms with Crippen LogP contribution in [-0.2, 0) is 6.54 Å². The van der Waals surface area contributed by atoms with E-state index in [4.69, 9.17) is 16.7 Å². The van der Waals surface area contributed by atoms with Crippen molar-refractivity contribution in [3.8, 4) is 5.75 Å². The zero-order chi connectivity index (χ0) is 12.3. The summed E-state index contributed by atoms with van der Waals surface area (Å²) in [7, 11) is 0. The third kappa shape index (κ3) is 2.85. The Morgan fingerprint density at radius 1 is 1.24 bits per heavy atom. The summed E-state index contributed by atoms with van der Waals surface area (Å²) in [4.78, 5) is 8.00. The first-order valence-corrected chi connectivity index (χ1v) is 5.53. The SMILES string of the molecule is Cc1c(Cl)ncnc1NCc1ccc(O)cc1. The molecule has 1 aromatic carbocycles. The van der Waals surface area contributed by atoms with Crippen LogP contribution in [0.4, 0.5) is 5.82 Å². The molecule has 0 fully saturated rings. The number of aromatic nitrogens is 2. The van der Waals surface area contributed by atoms with Gasteiger partial charge in [-0.05, 0) is 24.6 Å². The molecule has 2 aromatic rings. The molecule has 0 radical (unpaired) electrons. The van der Waals surface area contributed by atoms with Crippen LogP contribution in [0.25, 0.3) is 0 Å². The number of nitrogens with one attached hydrogen (secondary N) is 1. The summed E-state index contributed by atoms with van der Waals surface area (Å²) >= 11 is 5.89. The summed E-state index contributed by atoms with van der Waals surface area (Å²) in [5.41, 5.74) is 1.88. The third-order valence-electron chi connectivity index (χ3n) is 2.42. The van der Waals surface area contributed by atoms with Crippen molar-refractivity contribution in [3.63, 3.8) is 0 Å². The van der Waals surface area contributed by atoms with Crippen molar-refractivity contribution in [2.45, 2.75) is 13.5 Å². The zero-order valence-electron chi connectivity index (χ0n) is 9.31. The predicted molar refractivity (Wildman–Crippen MR) is 67.2 cm³/mol. The minimum atomic E-state index is 0.259. The summed E-state index contributed by atoms with van der Waals surface area (Å²) in [5.74, 6) is 0.980. The number of phenols is 1. The molecule has 4 nitrogen and oxygen atoms in total. The van der Waals surface area contributed by atoms with Gasteiger partial charge in [0.25, 0.3) is 0 Å². The molecule has 0 saturated carbocycles. The highest BCUT2D eigenvalue weighted by Crippen LogP contribution is 2.18. The molecule has 0 atom stereocenters. The lowest BCUT2D eigenvalue weighted by Crippen LogP contribution is -2.03. The van der Waals surface area contributed by atoms with E-state index < -0.39 is 0 Å². The van der Waals surface area contributed by atoms with Crippen LogP contribution in [0.15, 0.2) is 30.6 Å². The van der Waals surface area contributed by atoms with Gasteiger partial charge in [-0.1, -0.05) is 23.7 Å². The lowest BCUT2D eigenvalue weighted by atomic mass is 10.2. The van der Waals surface area contributed by atoms with Crippen molar-refractivity contribution in [1.82, 2.24) is 9.97 Å². The van der Waals surface area contributed by atoms with Crippen LogP contribution in [0.3, 0.4) is 0 Å². The highest BCUT2D eigenvalue weighted by molar-refractivity contribution is 6.30. The van der Waals surface area contributed by atoms with E-state index in [2.05, 4.69) is 15.3 Å². The van der Waals surface area contributed by atoms with Gasteiger partial charge in [-0.15, -0.1) is 0 Å². The molecule has 0 aliphatic rings. The van der Waals surface area contributed by atoms with Crippen molar-refractivity contribution in [3.05, 3.63) is 46.9 Å². The molecule has 88 valence electrons. The van der Waals surface area contributed by atoms with E-state index in [0.717, 1.165) is 16.9 Å². The van der Waals surface area contributed by atoms with Gasteiger partial charge in [0.05, 0.1) is 0 Å². The van der Waals surface area contributed by atoms with Gasteiger partial charge in [0.2, 0.25) is 0 Å². The predicted octanol–water partition coefficient (Wildman–Crippen LogP) is 2.76. The quantitative estimate of drug-likeness (QED) is 0.822. The highest BCUT2D eigenvalue weighted by atomic mass is 35.5. The van der Waals surface area contributed by atoms with Crippen LogP contribution in [0.5, 0.6) is 5.75 Å². The molecule has 5 heteroatoms. The van der Waals surface area contributed by atoms with Crippen LogP contribution in [0, 0.1) is 6.92 Å². The fourth-order valence-corrected chi connectivity index (χ4v) is 1.54.